The van der Waals surface area contributed by atoms with Crippen LogP contribution in [0.1, 0.15) is 41.8 Å². The molecule has 0 amide bonds. The van der Waals surface area contributed by atoms with E-state index in [1.807, 2.05) is 12.1 Å². The lowest BCUT2D eigenvalue weighted by atomic mass is 9.86. The molecule has 68 valence electrons. The minimum absolute atomic E-state index is 0.258. The van der Waals surface area contributed by atoms with E-state index in [0.717, 1.165) is 18.3 Å². The minimum Gasteiger partial charge on any atom is -0.298 e. The molecule has 0 aromatic heterocycles. The molecule has 0 heterocycles. The maximum absolute atomic E-state index is 10.6. The minimum atomic E-state index is 0.258. The van der Waals surface area contributed by atoms with Crippen molar-refractivity contribution in [3.05, 3.63) is 34.9 Å². The van der Waals surface area contributed by atoms with Crippen molar-refractivity contribution < 1.29 is 4.79 Å². The Morgan fingerprint density at radius 2 is 2.15 bits per heavy atom. The number of hydrogen-bond donors (Lipinski definition) is 0. The molecule has 0 N–H and O–H groups in total. The Balaban J connectivity index is 2.55. The first-order chi connectivity index (χ1) is 6.13. The molecular weight excluding hydrogens is 160 g/mol. The first-order valence-electron chi connectivity index (χ1n) is 4.72. The summed E-state index contributed by atoms with van der Waals surface area (Å²) in [5, 5.41) is 0. The number of benzene rings is 1. The molecule has 1 aliphatic carbocycles. The highest BCUT2D eigenvalue weighted by atomic mass is 16.1. The molecule has 0 unspecified atom stereocenters. The molecule has 1 aliphatic rings. The third-order valence-corrected chi connectivity index (χ3v) is 3.02. The zero-order valence-corrected chi connectivity index (χ0v) is 8.13. The van der Waals surface area contributed by atoms with Crippen LogP contribution in [0.4, 0.5) is 0 Å². The van der Waals surface area contributed by atoms with Crippen LogP contribution in [0.3, 0.4) is 0 Å². The highest BCUT2D eigenvalue weighted by Crippen LogP contribution is 2.38. The molecule has 0 radical (unpaired) electrons. The summed E-state index contributed by atoms with van der Waals surface area (Å²) in [6.07, 6.45) is 3.28. The van der Waals surface area contributed by atoms with Crippen molar-refractivity contribution in [2.75, 3.05) is 0 Å². The lowest BCUT2D eigenvalue weighted by Gasteiger charge is -2.18. The van der Waals surface area contributed by atoms with Crippen molar-refractivity contribution in [1.82, 2.24) is 0 Å². The third kappa shape index (κ3) is 1.28. The molecule has 0 atom stereocenters. The lowest BCUT2D eigenvalue weighted by Crippen LogP contribution is -2.11. The molecule has 0 saturated carbocycles. The fraction of sp³-hybridized carbons (Fsp3) is 0.417. The Bertz CT molecular complexity index is 350. The Kier molecular flexibility index (Phi) is 1.76. The van der Waals surface area contributed by atoms with Gasteiger partial charge in [0.1, 0.15) is 6.29 Å². The van der Waals surface area contributed by atoms with Gasteiger partial charge in [-0.25, -0.2) is 0 Å². The van der Waals surface area contributed by atoms with Crippen LogP contribution in [0.15, 0.2) is 18.2 Å². The molecule has 2 rings (SSSR count). The smallest absolute Gasteiger partial charge is 0.150 e. The van der Waals surface area contributed by atoms with Gasteiger partial charge in [0.05, 0.1) is 0 Å². The maximum atomic E-state index is 10.6. The summed E-state index contributed by atoms with van der Waals surface area (Å²) in [5.74, 6) is 0. The quantitative estimate of drug-likeness (QED) is 0.598. The summed E-state index contributed by atoms with van der Waals surface area (Å²) in [6.45, 7) is 4.49. The Morgan fingerprint density at radius 3 is 2.85 bits per heavy atom. The number of aldehydes is 1. The van der Waals surface area contributed by atoms with Crippen molar-refractivity contribution in [3.8, 4) is 0 Å². The molecule has 0 spiro atoms. The number of aryl methyl sites for hydroxylation is 1. The van der Waals surface area contributed by atoms with Crippen LogP contribution in [0.25, 0.3) is 0 Å². The van der Waals surface area contributed by atoms with Gasteiger partial charge in [-0.2, -0.15) is 0 Å². The van der Waals surface area contributed by atoms with Crippen LogP contribution < -0.4 is 0 Å². The summed E-state index contributed by atoms with van der Waals surface area (Å²) in [5.41, 5.74) is 3.83. The van der Waals surface area contributed by atoms with Crippen molar-refractivity contribution in [1.29, 1.82) is 0 Å². The van der Waals surface area contributed by atoms with E-state index in [1.165, 1.54) is 17.5 Å². The summed E-state index contributed by atoms with van der Waals surface area (Å²) in [7, 11) is 0. The number of carbonyl (C=O) groups is 1. The number of fused-ring (bicyclic) bond motifs is 1. The van der Waals surface area contributed by atoms with E-state index in [0.29, 0.717) is 0 Å². The Morgan fingerprint density at radius 1 is 1.38 bits per heavy atom. The van der Waals surface area contributed by atoms with Gasteiger partial charge in [-0.15, -0.1) is 0 Å². The van der Waals surface area contributed by atoms with Gasteiger partial charge in [0.25, 0.3) is 0 Å². The summed E-state index contributed by atoms with van der Waals surface area (Å²) >= 11 is 0. The van der Waals surface area contributed by atoms with E-state index in [9.17, 15) is 4.79 Å². The average molecular weight is 174 g/mol. The number of carbonyl (C=O) groups excluding carboxylic acids is 1. The molecule has 13 heavy (non-hydrogen) atoms. The number of rotatable bonds is 1. The first-order valence-corrected chi connectivity index (χ1v) is 4.72. The van der Waals surface area contributed by atoms with E-state index < -0.39 is 0 Å². The normalized spacial score (nSPS) is 18.3. The molecule has 1 aromatic carbocycles. The zero-order chi connectivity index (χ0) is 9.47. The van der Waals surface area contributed by atoms with Gasteiger partial charge in [0, 0.05) is 5.56 Å². The van der Waals surface area contributed by atoms with Crippen molar-refractivity contribution >= 4 is 6.29 Å². The van der Waals surface area contributed by atoms with Crippen molar-refractivity contribution in [3.63, 3.8) is 0 Å². The zero-order valence-electron chi connectivity index (χ0n) is 8.13. The molecule has 0 bridgehead atoms. The van der Waals surface area contributed by atoms with Crippen LogP contribution >= 0.6 is 0 Å². The highest BCUT2D eigenvalue weighted by molar-refractivity contribution is 5.75. The second kappa shape index (κ2) is 2.69. The molecule has 0 saturated heterocycles. The monoisotopic (exact) mass is 174 g/mol. The summed E-state index contributed by atoms with van der Waals surface area (Å²) in [6, 6.07) is 6.04. The predicted molar refractivity (Wildman–Crippen MR) is 53.2 cm³/mol. The SMILES string of the molecule is CC1(C)CCc2ccc(C=O)cc21. The molecule has 1 heteroatoms. The standard InChI is InChI=1S/C12H14O/c1-12(2)6-5-10-4-3-9(8-13)7-11(10)12/h3-4,7-8H,5-6H2,1-2H3. The van der Waals surface area contributed by atoms with Crippen LogP contribution in [0.5, 0.6) is 0 Å². The van der Waals surface area contributed by atoms with Gasteiger partial charge in [-0.1, -0.05) is 26.0 Å². The van der Waals surface area contributed by atoms with E-state index in [1.54, 1.807) is 0 Å². The van der Waals surface area contributed by atoms with E-state index in [-0.39, 0.29) is 5.41 Å². The van der Waals surface area contributed by atoms with E-state index >= 15 is 0 Å². The number of hydrogen-bond acceptors (Lipinski definition) is 1. The third-order valence-electron chi connectivity index (χ3n) is 3.02. The van der Waals surface area contributed by atoms with Crippen LogP contribution in [0.2, 0.25) is 0 Å². The maximum Gasteiger partial charge on any atom is 0.150 e. The van der Waals surface area contributed by atoms with Gasteiger partial charge in [0.15, 0.2) is 0 Å². The van der Waals surface area contributed by atoms with Gasteiger partial charge < -0.3 is 0 Å². The first kappa shape index (κ1) is 8.49. The van der Waals surface area contributed by atoms with Crippen LogP contribution in [-0.2, 0) is 11.8 Å². The second-order valence-corrected chi connectivity index (χ2v) is 4.42. The van der Waals surface area contributed by atoms with Crippen molar-refractivity contribution in [2.24, 2.45) is 0 Å². The average Bonchev–Trinajstić information content (AvgIpc) is 2.42. The second-order valence-electron chi connectivity index (χ2n) is 4.42. The molecule has 1 aromatic rings. The van der Waals surface area contributed by atoms with E-state index in [4.69, 9.17) is 0 Å². The van der Waals surface area contributed by atoms with Gasteiger partial charge in [-0.3, -0.25) is 4.79 Å². The topological polar surface area (TPSA) is 17.1 Å². The summed E-state index contributed by atoms with van der Waals surface area (Å²) in [4.78, 5) is 10.6. The largest absolute Gasteiger partial charge is 0.298 e. The highest BCUT2D eigenvalue weighted by Gasteiger charge is 2.29. The van der Waals surface area contributed by atoms with Gasteiger partial charge >= 0.3 is 0 Å². The predicted octanol–water partition coefficient (Wildman–Crippen LogP) is 2.72. The molecular formula is C12H14O. The van der Waals surface area contributed by atoms with Crippen LogP contribution in [-0.4, -0.2) is 6.29 Å². The van der Waals surface area contributed by atoms with Crippen LogP contribution in [0, 0.1) is 0 Å². The molecule has 0 aliphatic heterocycles. The summed E-state index contributed by atoms with van der Waals surface area (Å²) < 4.78 is 0. The van der Waals surface area contributed by atoms with Crippen molar-refractivity contribution in [2.45, 2.75) is 32.1 Å². The van der Waals surface area contributed by atoms with E-state index in [2.05, 4.69) is 19.9 Å². The lowest BCUT2D eigenvalue weighted by molar-refractivity contribution is 0.112. The Hall–Kier alpha value is -1.11. The fourth-order valence-electron chi connectivity index (χ4n) is 2.10. The Labute approximate surface area is 78.8 Å². The van der Waals surface area contributed by atoms with Gasteiger partial charge in [0.2, 0.25) is 0 Å². The molecule has 1 nitrogen and oxygen atoms in total. The van der Waals surface area contributed by atoms with Gasteiger partial charge in [-0.05, 0) is 35.4 Å². The molecule has 0 fully saturated rings. The fourth-order valence-corrected chi connectivity index (χ4v) is 2.10.